The molecule has 8 heteroatoms. The highest BCUT2D eigenvalue weighted by molar-refractivity contribution is 7.89. The van der Waals surface area contributed by atoms with Crippen LogP contribution >= 0.6 is 0 Å². The van der Waals surface area contributed by atoms with Crippen LogP contribution < -0.4 is 5.32 Å². The fourth-order valence-electron chi connectivity index (χ4n) is 2.61. The molecule has 0 atom stereocenters. The van der Waals surface area contributed by atoms with Gasteiger partial charge in [0.15, 0.2) is 0 Å². The van der Waals surface area contributed by atoms with Crippen LogP contribution in [0.1, 0.15) is 29.0 Å². The first-order chi connectivity index (χ1) is 11.5. The number of hydrogen-bond acceptors (Lipinski definition) is 5. The van der Waals surface area contributed by atoms with Crippen molar-refractivity contribution in [3.05, 3.63) is 47.9 Å². The molecule has 1 fully saturated rings. The SMILES string of the molecule is O=C(NCc1ccco1)c1cc(S(=O)(=O)N2CCCC2)ccc1O. The number of nitrogens with one attached hydrogen (secondary N) is 1. The zero-order chi connectivity index (χ0) is 17.2. The Balaban J connectivity index is 1.82. The zero-order valence-electron chi connectivity index (χ0n) is 12.9. The van der Waals surface area contributed by atoms with Crippen molar-refractivity contribution in [2.45, 2.75) is 24.3 Å². The highest BCUT2D eigenvalue weighted by Crippen LogP contribution is 2.25. The predicted octanol–water partition coefficient (Wildman–Crippen LogP) is 1.70. The predicted molar refractivity (Wildman–Crippen MR) is 86.0 cm³/mol. The van der Waals surface area contributed by atoms with Gasteiger partial charge in [0.25, 0.3) is 5.91 Å². The fraction of sp³-hybridized carbons (Fsp3) is 0.312. The molecular weight excluding hydrogens is 332 g/mol. The first-order valence-corrected chi connectivity index (χ1v) is 9.06. The van der Waals surface area contributed by atoms with E-state index < -0.39 is 15.9 Å². The molecule has 2 N–H and O–H groups in total. The van der Waals surface area contributed by atoms with Crippen LogP contribution in [-0.4, -0.2) is 36.8 Å². The molecule has 0 saturated carbocycles. The molecule has 24 heavy (non-hydrogen) atoms. The summed E-state index contributed by atoms with van der Waals surface area (Å²) in [6.07, 6.45) is 3.14. The Labute approximate surface area is 139 Å². The van der Waals surface area contributed by atoms with Gasteiger partial charge in [-0.05, 0) is 43.2 Å². The first kappa shape index (κ1) is 16.5. The zero-order valence-corrected chi connectivity index (χ0v) is 13.8. The monoisotopic (exact) mass is 350 g/mol. The second-order valence-corrected chi connectivity index (χ2v) is 7.49. The standard InChI is InChI=1S/C16H18N2O5S/c19-15-6-5-13(24(21,22)18-7-1-2-8-18)10-14(15)16(20)17-11-12-4-3-9-23-12/h3-6,9-10,19H,1-2,7-8,11H2,(H,17,20). The lowest BCUT2D eigenvalue weighted by molar-refractivity contribution is 0.0945. The minimum absolute atomic E-state index is 0.00495. The lowest BCUT2D eigenvalue weighted by atomic mass is 10.2. The third-order valence-electron chi connectivity index (χ3n) is 3.92. The number of amides is 1. The van der Waals surface area contributed by atoms with Crippen molar-refractivity contribution in [1.82, 2.24) is 9.62 Å². The summed E-state index contributed by atoms with van der Waals surface area (Å²) < 4.78 is 31.6. The van der Waals surface area contributed by atoms with Gasteiger partial charge in [-0.15, -0.1) is 0 Å². The van der Waals surface area contributed by atoms with Gasteiger partial charge in [0.1, 0.15) is 11.5 Å². The lowest BCUT2D eigenvalue weighted by Gasteiger charge is -2.16. The largest absolute Gasteiger partial charge is 0.507 e. The van der Waals surface area contributed by atoms with Crippen molar-refractivity contribution in [3.63, 3.8) is 0 Å². The Bertz CT molecular complexity index is 824. The molecule has 1 saturated heterocycles. The number of carbonyl (C=O) groups is 1. The van der Waals surface area contributed by atoms with Crippen LogP contribution in [0.5, 0.6) is 5.75 Å². The van der Waals surface area contributed by atoms with Crippen molar-refractivity contribution in [1.29, 1.82) is 0 Å². The Kier molecular flexibility index (Phi) is 4.59. The number of phenols is 1. The number of sulfonamides is 1. The molecule has 1 aliphatic rings. The van der Waals surface area contributed by atoms with Crippen molar-refractivity contribution in [2.24, 2.45) is 0 Å². The van der Waals surface area contributed by atoms with Crippen LogP contribution in [0.3, 0.4) is 0 Å². The molecule has 3 rings (SSSR count). The Morgan fingerprint density at radius 1 is 1.25 bits per heavy atom. The summed E-state index contributed by atoms with van der Waals surface area (Å²) in [5.41, 5.74) is -0.0816. The van der Waals surface area contributed by atoms with E-state index in [2.05, 4.69) is 5.32 Å². The van der Waals surface area contributed by atoms with E-state index in [0.29, 0.717) is 18.8 Å². The van der Waals surface area contributed by atoms with Crippen LogP contribution in [0.2, 0.25) is 0 Å². The normalized spacial score (nSPS) is 15.5. The highest BCUT2D eigenvalue weighted by Gasteiger charge is 2.28. The summed E-state index contributed by atoms with van der Waals surface area (Å²) in [6.45, 7) is 1.10. The van der Waals surface area contributed by atoms with Crippen molar-refractivity contribution in [2.75, 3.05) is 13.1 Å². The van der Waals surface area contributed by atoms with E-state index in [1.807, 2.05) is 0 Å². The summed E-state index contributed by atoms with van der Waals surface area (Å²) in [4.78, 5) is 12.2. The van der Waals surface area contributed by atoms with Crippen LogP contribution in [0.25, 0.3) is 0 Å². The third-order valence-corrected chi connectivity index (χ3v) is 5.81. The molecule has 0 spiro atoms. The van der Waals surface area contributed by atoms with Crippen molar-refractivity contribution >= 4 is 15.9 Å². The minimum Gasteiger partial charge on any atom is -0.507 e. The fourth-order valence-corrected chi connectivity index (χ4v) is 4.15. The molecular formula is C16H18N2O5S. The van der Waals surface area contributed by atoms with Crippen LogP contribution in [0, 0.1) is 0 Å². The second-order valence-electron chi connectivity index (χ2n) is 5.55. The average molecular weight is 350 g/mol. The van der Waals surface area contributed by atoms with Gasteiger partial charge in [0.2, 0.25) is 10.0 Å². The summed E-state index contributed by atoms with van der Waals surface area (Å²) >= 11 is 0. The van der Waals surface area contributed by atoms with Gasteiger partial charge in [-0.3, -0.25) is 4.79 Å². The van der Waals surface area contributed by atoms with Crippen molar-refractivity contribution < 1.29 is 22.7 Å². The quantitative estimate of drug-likeness (QED) is 0.855. The maximum atomic E-state index is 12.6. The van der Waals surface area contributed by atoms with Gasteiger partial charge in [-0.2, -0.15) is 4.31 Å². The number of benzene rings is 1. The van der Waals surface area contributed by atoms with E-state index in [-0.39, 0.29) is 22.8 Å². The second kappa shape index (κ2) is 6.66. The van der Waals surface area contributed by atoms with Gasteiger partial charge >= 0.3 is 0 Å². The van der Waals surface area contributed by atoms with E-state index in [1.165, 1.54) is 28.8 Å². The Morgan fingerprint density at radius 3 is 2.67 bits per heavy atom. The van der Waals surface area contributed by atoms with Gasteiger partial charge in [-0.25, -0.2) is 8.42 Å². The number of aromatic hydroxyl groups is 1. The Hall–Kier alpha value is -2.32. The first-order valence-electron chi connectivity index (χ1n) is 7.62. The Morgan fingerprint density at radius 2 is 2.00 bits per heavy atom. The number of hydrogen-bond donors (Lipinski definition) is 2. The number of carbonyl (C=O) groups excluding carboxylic acids is 1. The topological polar surface area (TPSA) is 99.8 Å². The van der Waals surface area contributed by atoms with Crippen LogP contribution in [0.4, 0.5) is 0 Å². The summed E-state index contributed by atoms with van der Waals surface area (Å²) in [5.74, 6) is -0.279. The van der Waals surface area contributed by atoms with Gasteiger partial charge < -0.3 is 14.8 Å². The van der Waals surface area contributed by atoms with Gasteiger partial charge in [0, 0.05) is 13.1 Å². The van der Waals surface area contributed by atoms with E-state index in [4.69, 9.17) is 4.42 Å². The van der Waals surface area contributed by atoms with E-state index >= 15 is 0 Å². The molecule has 1 amide bonds. The number of rotatable bonds is 5. The van der Waals surface area contributed by atoms with E-state index in [9.17, 15) is 18.3 Å². The molecule has 2 aromatic rings. The summed E-state index contributed by atoms with van der Waals surface area (Å²) in [6, 6.07) is 7.15. The molecule has 1 aromatic heterocycles. The molecule has 128 valence electrons. The molecule has 0 unspecified atom stereocenters. The van der Waals surface area contributed by atoms with E-state index in [1.54, 1.807) is 12.1 Å². The van der Waals surface area contributed by atoms with Crippen LogP contribution in [-0.2, 0) is 16.6 Å². The number of furan rings is 1. The van der Waals surface area contributed by atoms with E-state index in [0.717, 1.165) is 12.8 Å². The minimum atomic E-state index is -3.65. The summed E-state index contributed by atoms with van der Waals surface area (Å²) in [5, 5.41) is 12.5. The van der Waals surface area contributed by atoms with Gasteiger partial charge in [0.05, 0.1) is 23.3 Å². The van der Waals surface area contributed by atoms with Crippen molar-refractivity contribution in [3.8, 4) is 5.75 Å². The highest BCUT2D eigenvalue weighted by atomic mass is 32.2. The maximum absolute atomic E-state index is 12.6. The maximum Gasteiger partial charge on any atom is 0.255 e. The lowest BCUT2D eigenvalue weighted by Crippen LogP contribution is -2.28. The summed E-state index contributed by atoms with van der Waals surface area (Å²) in [7, 11) is -3.65. The molecule has 0 radical (unpaired) electrons. The molecule has 7 nitrogen and oxygen atoms in total. The molecule has 0 aliphatic carbocycles. The number of nitrogens with zero attached hydrogens (tertiary/aromatic N) is 1. The smallest absolute Gasteiger partial charge is 0.255 e. The molecule has 0 bridgehead atoms. The molecule has 2 heterocycles. The van der Waals surface area contributed by atoms with Gasteiger partial charge in [-0.1, -0.05) is 0 Å². The van der Waals surface area contributed by atoms with Crippen LogP contribution in [0.15, 0.2) is 45.9 Å². The molecule has 1 aliphatic heterocycles. The molecule has 1 aromatic carbocycles. The third kappa shape index (κ3) is 3.29. The average Bonchev–Trinajstić information content (AvgIpc) is 3.26. The number of phenolic OH excluding ortho intramolecular Hbond substituents is 1.